The van der Waals surface area contributed by atoms with E-state index in [4.69, 9.17) is 11.0 Å². The summed E-state index contributed by atoms with van der Waals surface area (Å²) < 4.78 is 0. The van der Waals surface area contributed by atoms with Gasteiger partial charge in [-0.15, -0.1) is 0 Å². The summed E-state index contributed by atoms with van der Waals surface area (Å²) >= 11 is 0. The molecule has 0 aromatic carbocycles. The fraction of sp³-hybridized carbons (Fsp3) is 0.857. The Hall–Kier alpha value is -0.550. The van der Waals surface area contributed by atoms with E-state index >= 15 is 0 Å². The molecule has 2 N–H and O–H groups in total. The van der Waals surface area contributed by atoms with Crippen LogP contribution in [-0.2, 0) is 0 Å². The minimum Gasteiger partial charge on any atom is -0.316 e. The van der Waals surface area contributed by atoms with Crippen molar-refractivity contribution >= 4 is 0 Å². The topological polar surface area (TPSA) is 49.8 Å². The fourth-order valence-corrected chi connectivity index (χ4v) is 0.762. The minimum atomic E-state index is -0.273. The molecule has 0 aliphatic carbocycles. The third-order valence-electron chi connectivity index (χ3n) is 1.51. The molecule has 0 saturated heterocycles. The third-order valence-corrected chi connectivity index (χ3v) is 1.51. The Morgan fingerprint density at radius 3 is 2.56 bits per heavy atom. The van der Waals surface area contributed by atoms with E-state index < -0.39 is 0 Å². The second-order valence-electron chi connectivity index (χ2n) is 2.42. The van der Waals surface area contributed by atoms with Gasteiger partial charge in [0.1, 0.15) is 0 Å². The highest BCUT2D eigenvalue weighted by Gasteiger charge is 2.08. The Balaban J connectivity index is 3.48. The van der Waals surface area contributed by atoms with Crippen LogP contribution >= 0.6 is 0 Å². The van der Waals surface area contributed by atoms with Crippen molar-refractivity contribution in [1.29, 1.82) is 5.26 Å². The zero-order valence-corrected chi connectivity index (χ0v) is 6.09. The first-order valence-corrected chi connectivity index (χ1v) is 3.37. The van der Waals surface area contributed by atoms with E-state index in [9.17, 15) is 0 Å². The van der Waals surface area contributed by atoms with E-state index in [-0.39, 0.29) is 6.04 Å². The maximum Gasteiger partial charge on any atom is 0.0953 e. The maximum atomic E-state index is 8.36. The standard InChI is InChI=1S/C7H14N2/c1-3-4-6(2)7(9)5-8/h6-7H,3-4,9H2,1-2H3/t6-,7?/m0/s1. The second kappa shape index (κ2) is 4.34. The summed E-state index contributed by atoms with van der Waals surface area (Å²) in [7, 11) is 0. The molecule has 0 rings (SSSR count). The minimum absolute atomic E-state index is 0.273. The highest BCUT2D eigenvalue weighted by molar-refractivity contribution is 4.89. The first-order valence-electron chi connectivity index (χ1n) is 3.37. The molecule has 0 bridgehead atoms. The number of nitrogens with two attached hydrogens (primary N) is 1. The third kappa shape index (κ3) is 3.10. The Kier molecular flexibility index (Phi) is 4.08. The van der Waals surface area contributed by atoms with E-state index in [2.05, 4.69) is 6.92 Å². The van der Waals surface area contributed by atoms with Crippen LogP contribution in [0.5, 0.6) is 0 Å². The summed E-state index contributed by atoms with van der Waals surface area (Å²) in [5, 5.41) is 8.36. The molecule has 0 saturated carbocycles. The van der Waals surface area contributed by atoms with Crippen molar-refractivity contribution in [3.05, 3.63) is 0 Å². The van der Waals surface area contributed by atoms with Crippen molar-refractivity contribution in [2.45, 2.75) is 32.7 Å². The maximum absolute atomic E-state index is 8.36. The van der Waals surface area contributed by atoms with Crippen molar-refractivity contribution in [2.24, 2.45) is 11.7 Å². The lowest BCUT2D eigenvalue weighted by molar-refractivity contribution is 0.481. The van der Waals surface area contributed by atoms with Crippen molar-refractivity contribution in [3.63, 3.8) is 0 Å². The van der Waals surface area contributed by atoms with E-state index in [1.165, 1.54) is 0 Å². The van der Waals surface area contributed by atoms with Gasteiger partial charge >= 0.3 is 0 Å². The summed E-state index contributed by atoms with van der Waals surface area (Å²) in [6.07, 6.45) is 2.16. The average molecular weight is 126 g/mol. The SMILES string of the molecule is CCC[C@H](C)C(N)C#N. The Bertz CT molecular complexity index is 104. The van der Waals surface area contributed by atoms with Gasteiger partial charge in [-0.3, -0.25) is 0 Å². The Labute approximate surface area is 56.7 Å². The van der Waals surface area contributed by atoms with Gasteiger partial charge in [0.2, 0.25) is 0 Å². The van der Waals surface area contributed by atoms with Crippen LogP contribution in [-0.4, -0.2) is 6.04 Å². The van der Waals surface area contributed by atoms with Gasteiger partial charge in [-0.2, -0.15) is 5.26 Å². The zero-order valence-electron chi connectivity index (χ0n) is 6.09. The van der Waals surface area contributed by atoms with Crippen LogP contribution < -0.4 is 5.73 Å². The summed E-state index contributed by atoms with van der Waals surface area (Å²) in [5.41, 5.74) is 5.44. The Morgan fingerprint density at radius 2 is 2.22 bits per heavy atom. The average Bonchev–Trinajstić information content (AvgIpc) is 1.87. The number of nitriles is 1. The van der Waals surface area contributed by atoms with Crippen LogP contribution in [0.25, 0.3) is 0 Å². The summed E-state index contributed by atoms with van der Waals surface area (Å²) in [6, 6.07) is 1.75. The predicted octanol–water partition coefficient (Wildman–Crippen LogP) is 1.27. The summed E-state index contributed by atoms with van der Waals surface area (Å²) in [6.45, 7) is 4.11. The first kappa shape index (κ1) is 8.45. The van der Waals surface area contributed by atoms with Gasteiger partial charge in [0.15, 0.2) is 0 Å². The molecule has 0 heterocycles. The monoisotopic (exact) mass is 126 g/mol. The molecule has 1 unspecified atom stereocenters. The van der Waals surface area contributed by atoms with Gasteiger partial charge in [0.25, 0.3) is 0 Å². The van der Waals surface area contributed by atoms with Gasteiger partial charge in [0, 0.05) is 0 Å². The molecular formula is C7H14N2. The number of hydrogen-bond acceptors (Lipinski definition) is 2. The first-order chi connectivity index (χ1) is 4.22. The summed E-state index contributed by atoms with van der Waals surface area (Å²) in [4.78, 5) is 0. The van der Waals surface area contributed by atoms with Crippen LogP contribution in [0.15, 0.2) is 0 Å². The molecule has 0 aromatic heterocycles. The van der Waals surface area contributed by atoms with Crippen LogP contribution in [0.4, 0.5) is 0 Å². The predicted molar refractivity (Wildman–Crippen MR) is 37.7 cm³/mol. The van der Waals surface area contributed by atoms with E-state index in [1.807, 2.05) is 13.0 Å². The molecule has 2 heteroatoms. The molecule has 9 heavy (non-hydrogen) atoms. The zero-order chi connectivity index (χ0) is 7.28. The van der Waals surface area contributed by atoms with E-state index in [0.717, 1.165) is 12.8 Å². The van der Waals surface area contributed by atoms with Crippen molar-refractivity contribution in [3.8, 4) is 6.07 Å². The lowest BCUT2D eigenvalue weighted by atomic mass is 9.99. The molecular weight excluding hydrogens is 112 g/mol. The molecule has 0 aromatic rings. The summed E-state index contributed by atoms with van der Waals surface area (Å²) in [5.74, 6) is 0.347. The van der Waals surface area contributed by atoms with Crippen LogP contribution in [0, 0.1) is 17.2 Å². The smallest absolute Gasteiger partial charge is 0.0953 e. The largest absolute Gasteiger partial charge is 0.316 e. The normalized spacial score (nSPS) is 16.2. The molecule has 0 radical (unpaired) electrons. The number of nitrogens with zero attached hydrogens (tertiary/aromatic N) is 1. The molecule has 52 valence electrons. The molecule has 2 atom stereocenters. The molecule has 0 aliphatic heterocycles. The van der Waals surface area contributed by atoms with Gasteiger partial charge in [0.05, 0.1) is 12.1 Å². The molecule has 0 aliphatic rings. The number of rotatable bonds is 3. The van der Waals surface area contributed by atoms with Gasteiger partial charge in [-0.05, 0) is 12.3 Å². The van der Waals surface area contributed by atoms with Gasteiger partial charge in [-0.25, -0.2) is 0 Å². The molecule has 0 amide bonds. The van der Waals surface area contributed by atoms with Crippen LogP contribution in [0.2, 0.25) is 0 Å². The van der Waals surface area contributed by atoms with Gasteiger partial charge < -0.3 is 5.73 Å². The quantitative estimate of drug-likeness (QED) is 0.619. The molecule has 0 fully saturated rings. The lowest BCUT2D eigenvalue weighted by Gasteiger charge is -2.10. The highest BCUT2D eigenvalue weighted by Crippen LogP contribution is 2.07. The highest BCUT2D eigenvalue weighted by atomic mass is 14.6. The van der Waals surface area contributed by atoms with Gasteiger partial charge in [-0.1, -0.05) is 20.3 Å². The fourth-order valence-electron chi connectivity index (χ4n) is 0.762. The Morgan fingerprint density at radius 1 is 1.67 bits per heavy atom. The second-order valence-corrected chi connectivity index (χ2v) is 2.42. The van der Waals surface area contributed by atoms with Crippen LogP contribution in [0.1, 0.15) is 26.7 Å². The van der Waals surface area contributed by atoms with E-state index in [1.54, 1.807) is 0 Å². The van der Waals surface area contributed by atoms with Crippen molar-refractivity contribution in [2.75, 3.05) is 0 Å². The van der Waals surface area contributed by atoms with Crippen LogP contribution in [0.3, 0.4) is 0 Å². The molecule has 0 spiro atoms. The van der Waals surface area contributed by atoms with Crippen molar-refractivity contribution in [1.82, 2.24) is 0 Å². The number of hydrogen-bond donors (Lipinski definition) is 1. The van der Waals surface area contributed by atoms with E-state index in [0.29, 0.717) is 5.92 Å². The lowest BCUT2D eigenvalue weighted by Crippen LogP contribution is -2.25. The van der Waals surface area contributed by atoms with Crippen molar-refractivity contribution < 1.29 is 0 Å². The molecule has 2 nitrogen and oxygen atoms in total.